The third-order valence-corrected chi connectivity index (χ3v) is 6.42. The summed E-state index contributed by atoms with van der Waals surface area (Å²) in [5.74, 6) is 0.0580. The van der Waals surface area contributed by atoms with Crippen LogP contribution >= 0.6 is 22.9 Å². The van der Waals surface area contributed by atoms with Gasteiger partial charge in [-0.05, 0) is 55.8 Å². The Labute approximate surface area is 198 Å². The number of hydrogen-bond acceptors (Lipinski definition) is 7. The third kappa shape index (κ3) is 4.31. The summed E-state index contributed by atoms with van der Waals surface area (Å²) in [7, 11) is 1.55. The van der Waals surface area contributed by atoms with Gasteiger partial charge in [-0.1, -0.05) is 35.1 Å². The number of ether oxygens (including phenoxy) is 2. The van der Waals surface area contributed by atoms with Crippen molar-refractivity contribution in [2.45, 2.75) is 19.9 Å². The first-order valence-corrected chi connectivity index (χ1v) is 11.4. The molecule has 0 radical (unpaired) electrons. The van der Waals surface area contributed by atoms with E-state index in [1.165, 1.54) is 22.0 Å². The molecule has 0 aliphatic carbocycles. The molecule has 170 valence electrons. The minimum absolute atomic E-state index is 0.00188. The van der Waals surface area contributed by atoms with Gasteiger partial charge in [-0.2, -0.15) is 0 Å². The van der Waals surface area contributed by atoms with E-state index >= 15 is 0 Å². The van der Waals surface area contributed by atoms with Crippen LogP contribution in [0, 0.1) is 0 Å². The number of aromatic nitrogens is 1. The zero-order valence-corrected chi connectivity index (χ0v) is 19.7. The minimum atomic E-state index is -0.745. The van der Waals surface area contributed by atoms with Crippen LogP contribution in [0.4, 0.5) is 0 Å². The smallest absolute Gasteiger partial charge is 0.338 e. The van der Waals surface area contributed by atoms with E-state index < -0.39 is 12.0 Å². The monoisotopic (exact) mass is 484 g/mol. The van der Waals surface area contributed by atoms with Gasteiger partial charge in [-0.15, -0.1) is 0 Å². The van der Waals surface area contributed by atoms with Gasteiger partial charge in [0, 0.05) is 10.6 Å². The molecule has 0 fully saturated rings. The van der Waals surface area contributed by atoms with E-state index in [-0.39, 0.29) is 23.5 Å². The number of methoxy groups -OCH3 is 1. The molecule has 0 unspecified atom stereocenters. The molecule has 1 aliphatic rings. The van der Waals surface area contributed by atoms with Crippen molar-refractivity contribution in [2.24, 2.45) is 4.99 Å². The molecular formula is C24H21ClN2O5S. The van der Waals surface area contributed by atoms with E-state index in [4.69, 9.17) is 21.1 Å². The van der Waals surface area contributed by atoms with E-state index in [0.717, 1.165) is 0 Å². The molecule has 1 atom stereocenters. The van der Waals surface area contributed by atoms with E-state index in [1.54, 1.807) is 57.4 Å². The third-order valence-electron chi connectivity index (χ3n) is 5.20. The lowest BCUT2D eigenvalue weighted by atomic mass is 9.95. The lowest BCUT2D eigenvalue weighted by Crippen LogP contribution is -2.39. The Morgan fingerprint density at radius 2 is 2.09 bits per heavy atom. The molecule has 4 rings (SSSR count). The lowest BCUT2D eigenvalue weighted by Gasteiger charge is -2.25. The Hall–Kier alpha value is -3.36. The first kappa shape index (κ1) is 22.8. The molecule has 0 spiro atoms. The lowest BCUT2D eigenvalue weighted by molar-refractivity contribution is -0.139. The molecule has 9 heteroatoms. The number of carbonyl (C=O) groups is 1. The number of allylic oxidation sites excluding steroid dienone is 1. The maximum Gasteiger partial charge on any atom is 0.338 e. The van der Waals surface area contributed by atoms with Crippen molar-refractivity contribution in [2.75, 3.05) is 13.7 Å². The number of esters is 1. The number of phenols is 1. The molecule has 2 aromatic carbocycles. The number of carbonyl (C=O) groups excluding carboxylic acids is 1. The molecule has 0 saturated carbocycles. The second-order valence-corrected chi connectivity index (χ2v) is 8.73. The summed E-state index contributed by atoms with van der Waals surface area (Å²) in [6.07, 6.45) is 1.57. The highest BCUT2D eigenvalue weighted by Crippen LogP contribution is 2.32. The maximum absolute atomic E-state index is 13.5. The second kappa shape index (κ2) is 9.25. The fourth-order valence-electron chi connectivity index (χ4n) is 3.70. The molecular weight excluding hydrogens is 464 g/mol. The molecule has 7 nitrogen and oxygen atoms in total. The molecule has 0 bridgehead atoms. The van der Waals surface area contributed by atoms with Crippen LogP contribution in [0.1, 0.15) is 31.0 Å². The van der Waals surface area contributed by atoms with Gasteiger partial charge in [0.25, 0.3) is 5.56 Å². The van der Waals surface area contributed by atoms with Crippen LogP contribution in [-0.2, 0) is 9.53 Å². The summed E-state index contributed by atoms with van der Waals surface area (Å²) in [6.45, 7) is 3.64. The summed E-state index contributed by atoms with van der Waals surface area (Å²) in [4.78, 5) is 31.4. The maximum atomic E-state index is 13.5. The Morgan fingerprint density at radius 1 is 1.30 bits per heavy atom. The predicted molar refractivity (Wildman–Crippen MR) is 127 cm³/mol. The predicted octanol–water partition coefficient (Wildman–Crippen LogP) is 3.17. The van der Waals surface area contributed by atoms with Crippen molar-refractivity contribution < 1.29 is 19.4 Å². The molecule has 0 saturated heterocycles. The Kier molecular flexibility index (Phi) is 6.40. The van der Waals surface area contributed by atoms with Gasteiger partial charge < -0.3 is 14.6 Å². The highest BCUT2D eigenvalue weighted by atomic mass is 35.5. The Bertz CT molecular complexity index is 1450. The molecule has 1 N–H and O–H groups in total. The van der Waals surface area contributed by atoms with Crippen molar-refractivity contribution in [3.63, 3.8) is 0 Å². The topological polar surface area (TPSA) is 90.1 Å². The zero-order valence-electron chi connectivity index (χ0n) is 18.2. The van der Waals surface area contributed by atoms with E-state index in [2.05, 4.69) is 4.99 Å². The van der Waals surface area contributed by atoms with Crippen LogP contribution in [0.2, 0.25) is 5.02 Å². The van der Waals surface area contributed by atoms with E-state index in [1.807, 2.05) is 6.07 Å². The Balaban J connectivity index is 1.98. The van der Waals surface area contributed by atoms with Gasteiger partial charge in [0.2, 0.25) is 0 Å². The van der Waals surface area contributed by atoms with Gasteiger partial charge in [0.05, 0.1) is 35.6 Å². The van der Waals surface area contributed by atoms with Crippen LogP contribution < -0.4 is 19.6 Å². The number of hydrogen-bond donors (Lipinski definition) is 1. The average molecular weight is 485 g/mol. The Morgan fingerprint density at radius 3 is 2.82 bits per heavy atom. The van der Waals surface area contributed by atoms with Crippen molar-refractivity contribution in [3.8, 4) is 11.5 Å². The van der Waals surface area contributed by atoms with Crippen molar-refractivity contribution in [1.82, 2.24) is 4.57 Å². The molecule has 0 amide bonds. The molecule has 33 heavy (non-hydrogen) atoms. The summed E-state index contributed by atoms with van der Waals surface area (Å²) >= 11 is 7.23. The van der Waals surface area contributed by atoms with Gasteiger partial charge in [0.15, 0.2) is 4.80 Å². The molecule has 2 heterocycles. The summed E-state index contributed by atoms with van der Waals surface area (Å²) in [6, 6.07) is 11.0. The van der Waals surface area contributed by atoms with Crippen LogP contribution in [0.3, 0.4) is 0 Å². The minimum Gasteiger partial charge on any atom is -0.507 e. The van der Waals surface area contributed by atoms with Crippen LogP contribution in [0.5, 0.6) is 11.5 Å². The summed E-state index contributed by atoms with van der Waals surface area (Å²) in [5.41, 5.74) is 1.51. The number of aromatic hydroxyl groups is 1. The van der Waals surface area contributed by atoms with Crippen LogP contribution in [0.15, 0.2) is 63.5 Å². The average Bonchev–Trinajstić information content (AvgIpc) is 3.10. The highest BCUT2D eigenvalue weighted by Gasteiger charge is 2.33. The van der Waals surface area contributed by atoms with Crippen molar-refractivity contribution in [1.29, 1.82) is 0 Å². The number of rotatable bonds is 5. The zero-order chi connectivity index (χ0) is 23.7. The summed E-state index contributed by atoms with van der Waals surface area (Å²) < 4.78 is 12.5. The van der Waals surface area contributed by atoms with Crippen molar-refractivity contribution >= 4 is 35.0 Å². The van der Waals surface area contributed by atoms with Crippen LogP contribution in [0.25, 0.3) is 6.08 Å². The molecule has 1 aromatic heterocycles. The first-order chi connectivity index (χ1) is 15.8. The molecule has 1 aliphatic heterocycles. The first-order valence-electron chi connectivity index (χ1n) is 10.2. The highest BCUT2D eigenvalue weighted by molar-refractivity contribution is 7.07. The molecule has 3 aromatic rings. The number of benzene rings is 2. The normalized spacial score (nSPS) is 15.8. The largest absolute Gasteiger partial charge is 0.507 e. The van der Waals surface area contributed by atoms with Crippen LogP contribution in [-0.4, -0.2) is 29.4 Å². The standard InChI is InChI=1S/C24H21ClN2O5S/c1-4-32-23(30)20-13(2)26-24-27(21(20)14-6-5-7-17(11-14)31-3)22(29)19(33-24)12-15-10-16(25)8-9-18(15)28/h5-12,21,28H,4H2,1-3H3/b19-12-/t21-/m0/s1. The SMILES string of the molecule is CCOC(=O)C1=C(C)N=c2s/c(=C\c3cc(Cl)ccc3O)c(=O)n2[C@H]1c1cccc(OC)c1. The van der Waals surface area contributed by atoms with Gasteiger partial charge in [-0.3, -0.25) is 9.36 Å². The van der Waals surface area contributed by atoms with Crippen molar-refractivity contribution in [3.05, 3.63) is 89.6 Å². The second-order valence-electron chi connectivity index (χ2n) is 7.28. The van der Waals surface area contributed by atoms with Gasteiger partial charge in [-0.25, -0.2) is 9.79 Å². The number of nitrogens with zero attached hydrogens (tertiary/aromatic N) is 2. The quantitative estimate of drug-likeness (QED) is 0.562. The van der Waals surface area contributed by atoms with E-state index in [0.29, 0.717) is 36.9 Å². The number of fused-ring (bicyclic) bond motifs is 1. The summed E-state index contributed by atoms with van der Waals surface area (Å²) in [5, 5.41) is 10.6. The van der Waals surface area contributed by atoms with Gasteiger partial charge in [0.1, 0.15) is 11.5 Å². The van der Waals surface area contributed by atoms with E-state index in [9.17, 15) is 14.7 Å². The fraction of sp³-hybridized carbons (Fsp3) is 0.208. The number of phenolic OH excluding ortho intramolecular Hbond substituents is 1. The fourth-order valence-corrected chi connectivity index (χ4v) is 4.92. The number of thiazole rings is 1. The number of halogens is 1. The van der Waals surface area contributed by atoms with Gasteiger partial charge >= 0.3 is 5.97 Å².